The molecule has 7 heteroatoms. The molecule has 0 spiro atoms. The van der Waals surface area contributed by atoms with Crippen molar-refractivity contribution in [3.63, 3.8) is 0 Å². The van der Waals surface area contributed by atoms with Crippen molar-refractivity contribution in [3.05, 3.63) is 23.8 Å². The average molecular weight is 334 g/mol. The van der Waals surface area contributed by atoms with Crippen molar-refractivity contribution in [2.45, 2.75) is 13.3 Å². The Labute approximate surface area is 142 Å². The second-order valence-electron chi connectivity index (χ2n) is 6.05. The third kappa shape index (κ3) is 5.21. The van der Waals surface area contributed by atoms with Crippen LogP contribution in [0.1, 0.15) is 23.7 Å². The molecule has 1 aromatic rings. The Morgan fingerprint density at radius 2 is 1.96 bits per heavy atom. The summed E-state index contributed by atoms with van der Waals surface area (Å²) in [5, 5.41) is 2.82. The molecule has 0 aromatic heterocycles. The molecule has 1 saturated heterocycles. The first-order chi connectivity index (χ1) is 11.5. The molecule has 1 fully saturated rings. The zero-order valence-corrected chi connectivity index (χ0v) is 14.4. The lowest BCUT2D eigenvalue weighted by molar-refractivity contribution is -0.117. The topological polar surface area (TPSA) is 87.9 Å². The molecule has 132 valence electrons. The first kappa shape index (κ1) is 18.2. The van der Waals surface area contributed by atoms with Gasteiger partial charge in [0.25, 0.3) is 5.91 Å². The summed E-state index contributed by atoms with van der Waals surface area (Å²) < 4.78 is 5.51. The number of nitrogens with two attached hydrogens (primary N) is 1. The molecule has 1 heterocycles. The average Bonchev–Trinajstić information content (AvgIpc) is 2.55. The highest BCUT2D eigenvalue weighted by Crippen LogP contribution is 2.23. The van der Waals surface area contributed by atoms with Gasteiger partial charge in [0, 0.05) is 31.9 Å². The zero-order valence-electron chi connectivity index (χ0n) is 14.4. The lowest BCUT2D eigenvalue weighted by Gasteiger charge is -2.31. The Balaban J connectivity index is 1.97. The van der Waals surface area contributed by atoms with Crippen LogP contribution in [0.3, 0.4) is 0 Å². The van der Waals surface area contributed by atoms with Crippen molar-refractivity contribution < 1.29 is 14.3 Å². The van der Waals surface area contributed by atoms with E-state index in [9.17, 15) is 9.59 Å². The number of nitrogens with zero attached hydrogens (tertiary/aromatic N) is 2. The minimum atomic E-state index is -0.573. The summed E-state index contributed by atoms with van der Waals surface area (Å²) in [5.74, 6) is -0.227. The Kier molecular flexibility index (Phi) is 6.57. The normalized spacial score (nSPS) is 15.9. The van der Waals surface area contributed by atoms with Crippen LogP contribution in [-0.2, 0) is 4.79 Å². The highest BCUT2D eigenvalue weighted by molar-refractivity contribution is 5.98. The number of primary amides is 1. The van der Waals surface area contributed by atoms with Gasteiger partial charge in [-0.25, -0.2) is 0 Å². The Bertz CT molecular complexity index is 583. The molecule has 7 nitrogen and oxygen atoms in total. The second-order valence-corrected chi connectivity index (χ2v) is 6.05. The number of likely N-dealkylation sites (N-methyl/N-ethyl adjacent to an activating group) is 1. The number of nitrogens with one attached hydrogen (secondary N) is 1. The largest absolute Gasteiger partial charge is 0.493 e. The predicted octanol–water partition coefficient (Wildman–Crippen LogP) is 0.760. The lowest BCUT2D eigenvalue weighted by Crippen LogP contribution is -2.47. The van der Waals surface area contributed by atoms with Crippen molar-refractivity contribution in [1.29, 1.82) is 0 Å². The number of anilines is 1. The first-order valence-corrected chi connectivity index (χ1v) is 8.27. The number of amides is 2. The summed E-state index contributed by atoms with van der Waals surface area (Å²) in [7, 11) is 2.07. The smallest absolute Gasteiger partial charge is 0.252 e. The highest BCUT2D eigenvalue weighted by atomic mass is 16.5. The number of carbonyl (C=O) groups excluding carboxylic acids is 2. The predicted molar refractivity (Wildman–Crippen MR) is 93.3 cm³/mol. The van der Waals surface area contributed by atoms with Gasteiger partial charge in [0.15, 0.2) is 0 Å². The van der Waals surface area contributed by atoms with Crippen LogP contribution < -0.4 is 15.8 Å². The SMILES string of the molecule is CCCOc1ccc(NC(=O)CN2CCN(C)CC2)cc1C(N)=O. The number of rotatable bonds is 7. The third-order valence-corrected chi connectivity index (χ3v) is 3.95. The molecule has 24 heavy (non-hydrogen) atoms. The number of piperazine rings is 1. The Morgan fingerprint density at radius 1 is 1.25 bits per heavy atom. The van der Waals surface area contributed by atoms with E-state index in [0.29, 0.717) is 24.6 Å². The summed E-state index contributed by atoms with van der Waals surface area (Å²) in [5.41, 5.74) is 6.23. The van der Waals surface area contributed by atoms with E-state index in [4.69, 9.17) is 10.5 Å². The van der Waals surface area contributed by atoms with Gasteiger partial charge in [-0.2, -0.15) is 0 Å². The van der Waals surface area contributed by atoms with Crippen LogP contribution in [0.2, 0.25) is 0 Å². The fourth-order valence-electron chi connectivity index (χ4n) is 2.55. The van der Waals surface area contributed by atoms with Gasteiger partial charge in [0.1, 0.15) is 5.75 Å². The maximum atomic E-state index is 12.2. The first-order valence-electron chi connectivity index (χ1n) is 8.27. The summed E-state index contributed by atoms with van der Waals surface area (Å²) in [4.78, 5) is 28.1. The highest BCUT2D eigenvalue weighted by Gasteiger charge is 2.17. The van der Waals surface area contributed by atoms with E-state index >= 15 is 0 Å². The van der Waals surface area contributed by atoms with Crippen molar-refractivity contribution in [3.8, 4) is 5.75 Å². The number of ether oxygens (including phenoxy) is 1. The molecule has 2 amide bonds. The summed E-state index contributed by atoms with van der Waals surface area (Å²) >= 11 is 0. The van der Waals surface area contributed by atoms with Crippen LogP contribution in [-0.4, -0.2) is 68.0 Å². The van der Waals surface area contributed by atoms with E-state index in [2.05, 4.69) is 22.2 Å². The van der Waals surface area contributed by atoms with E-state index in [1.54, 1.807) is 18.2 Å². The molecule has 1 aliphatic rings. The van der Waals surface area contributed by atoms with Crippen molar-refractivity contribution in [2.75, 3.05) is 51.7 Å². The van der Waals surface area contributed by atoms with Crippen LogP contribution in [0.15, 0.2) is 18.2 Å². The Morgan fingerprint density at radius 3 is 2.58 bits per heavy atom. The quantitative estimate of drug-likeness (QED) is 0.769. The molecule has 3 N–H and O–H groups in total. The molecule has 1 aliphatic heterocycles. The molecule has 0 aliphatic carbocycles. The number of hydrogen-bond acceptors (Lipinski definition) is 5. The van der Waals surface area contributed by atoms with E-state index in [1.165, 1.54) is 0 Å². The van der Waals surface area contributed by atoms with Gasteiger partial charge in [0.05, 0.1) is 18.7 Å². The Hall–Kier alpha value is -2.12. The van der Waals surface area contributed by atoms with E-state index in [-0.39, 0.29) is 11.5 Å². The molecule has 0 bridgehead atoms. The summed E-state index contributed by atoms with van der Waals surface area (Å²) in [6.45, 7) is 6.51. The molecule has 0 saturated carbocycles. The maximum Gasteiger partial charge on any atom is 0.252 e. The zero-order chi connectivity index (χ0) is 17.5. The van der Waals surface area contributed by atoms with Gasteiger partial charge in [-0.1, -0.05) is 6.92 Å². The van der Waals surface area contributed by atoms with Gasteiger partial charge < -0.3 is 20.7 Å². The molecule has 0 unspecified atom stereocenters. The molecular weight excluding hydrogens is 308 g/mol. The van der Waals surface area contributed by atoms with Crippen LogP contribution in [0.5, 0.6) is 5.75 Å². The number of benzene rings is 1. The second kappa shape index (κ2) is 8.65. The van der Waals surface area contributed by atoms with Gasteiger partial charge in [0.2, 0.25) is 5.91 Å². The number of hydrogen-bond donors (Lipinski definition) is 2. The van der Waals surface area contributed by atoms with Crippen LogP contribution in [0.25, 0.3) is 0 Å². The molecular formula is C17H26N4O3. The molecule has 2 rings (SSSR count). The molecule has 0 radical (unpaired) electrons. The monoisotopic (exact) mass is 334 g/mol. The van der Waals surface area contributed by atoms with Gasteiger partial charge in [-0.15, -0.1) is 0 Å². The maximum absolute atomic E-state index is 12.2. The standard InChI is InChI=1S/C17H26N4O3/c1-3-10-24-15-5-4-13(11-14(15)17(18)23)19-16(22)12-21-8-6-20(2)7-9-21/h4-5,11H,3,6-10,12H2,1-2H3,(H2,18,23)(H,19,22). The van der Waals surface area contributed by atoms with E-state index < -0.39 is 5.91 Å². The number of carbonyl (C=O) groups is 2. The van der Waals surface area contributed by atoms with Gasteiger partial charge >= 0.3 is 0 Å². The third-order valence-electron chi connectivity index (χ3n) is 3.95. The van der Waals surface area contributed by atoms with Crippen LogP contribution in [0, 0.1) is 0 Å². The van der Waals surface area contributed by atoms with E-state index in [0.717, 1.165) is 32.6 Å². The fraction of sp³-hybridized carbons (Fsp3) is 0.529. The van der Waals surface area contributed by atoms with Crippen LogP contribution >= 0.6 is 0 Å². The fourth-order valence-corrected chi connectivity index (χ4v) is 2.55. The van der Waals surface area contributed by atoms with Crippen molar-refractivity contribution >= 4 is 17.5 Å². The molecule has 1 aromatic carbocycles. The minimum Gasteiger partial charge on any atom is -0.493 e. The van der Waals surface area contributed by atoms with Crippen molar-refractivity contribution in [1.82, 2.24) is 9.80 Å². The van der Waals surface area contributed by atoms with Gasteiger partial charge in [-0.3, -0.25) is 14.5 Å². The van der Waals surface area contributed by atoms with Crippen LogP contribution in [0.4, 0.5) is 5.69 Å². The van der Waals surface area contributed by atoms with Gasteiger partial charge in [-0.05, 0) is 31.7 Å². The minimum absolute atomic E-state index is 0.0998. The summed E-state index contributed by atoms with van der Waals surface area (Å²) in [6, 6.07) is 4.95. The van der Waals surface area contributed by atoms with Crippen molar-refractivity contribution in [2.24, 2.45) is 5.73 Å². The molecule has 0 atom stereocenters. The van der Waals surface area contributed by atoms with E-state index in [1.807, 2.05) is 6.92 Å². The lowest BCUT2D eigenvalue weighted by atomic mass is 10.1. The summed E-state index contributed by atoms with van der Waals surface area (Å²) in [6.07, 6.45) is 0.835.